The molecule has 0 saturated carbocycles. The summed E-state index contributed by atoms with van der Waals surface area (Å²) in [6, 6.07) is 63.4. The molecule has 0 nitrogen and oxygen atoms in total. The van der Waals surface area contributed by atoms with Crippen molar-refractivity contribution in [2.24, 2.45) is 0 Å². The largest absolute Gasteiger partial charge is 0.0622 e. The molecule has 212 valence electrons. The minimum atomic E-state index is -0.899. The van der Waals surface area contributed by atoms with E-state index < -0.39 is 15.8 Å². The molecule has 0 fully saturated rings. The van der Waals surface area contributed by atoms with Gasteiger partial charge in [0.2, 0.25) is 0 Å². The summed E-state index contributed by atoms with van der Waals surface area (Å²) in [5.41, 5.74) is 5.19. The van der Waals surface area contributed by atoms with Crippen molar-refractivity contribution < 1.29 is 0 Å². The summed E-state index contributed by atoms with van der Waals surface area (Å²) in [7, 11) is -1.76. The normalized spacial score (nSPS) is 11.4. The molecule has 0 atom stereocenters. The van der Waals surface area contributed by atoms with E-state index in [0.717, 1.165) is 0 Å². The van der Waals surface area contributed by atoms with Crippen LogP contribution in [0.5, 0.6) is 0 Å². The number of hydrogen-bond donors (Lipinski definition) is 0. The Morgan fingerprint density at radius 3 is 1.30 bits per heavy atom. The van der Waals surface area contributed by atoms with Crippen molar-refractivity contribution in [2.75, 3.05) is 0 Å². The van der Waals surface area contributed by atoms with E-state index in [2.05, 4.69) is 184 Å². The van der Waals surface area contributed by atoms with E-state index in [1.807, 2.05) is 0 Å². The summed E-state index contributed by atoms with van der Waals surface area (Å²) < 4.78 is 0. The number of aryl methyl sites for hydroxylation is 2. The second-order valence-electron chi connectivity index (χ2n) is 11.2. The van der Waals surface area contributed by atoms with Crippen LogP contribution >= 0.6 is 15.8 Å². The van der Waals surface area contributed by atoms with Crippen LogP contribution in [-0.2, 0) is 0 Å². The monoisotopic (exact) mass is 600 g/mol. The Morgan fingerprint density at radius 2 is 0.818 bits per heavy atom. The first-order valence-corrected chi connectivity index (χ1v) is 17.8. The van der Waals surface area contributed by atoms with Crippen LogP contribution in [0.15, 0.2) is 170 Å². The molecule has 0 saturated heterocycles. The molecule has 0 aliphatic carbocycles. The topological polar surface area (TPSA) is 0 Å². The van der Waals surface area contributed by atoms with Crippen molar-refractivity contribution in [3.05, 3.63) is 181 Å². The Hall–Kier alpha value is -4.34. The average molecular weight is 601 g/mol. The summed E-state index contributed by atoms with van der Waals surface area (Å²) in [4.78, 5) is 0. The molecule has 0 unspecified atom stereocenters. The Balaban J connectivity index is 1.68. The van der Waals surface area contributed by atoms with Gasteiger partial charge in [0.15, 0.2) is 0 Å². The summed E-state index contributed by atoms with van der Waals surface area (Å²) in [5.74, 6) is 0. The molecule has 7 rings (SSSR count). The summed E-state index contributed by atoms with van der Waals surface area (Å²) in [5, 5.41) is 11.0. The molecule has 0 amide bonds. The van der Waals surface area contributed by atoms with Gasteiger partial charge in [-0.3, -0.25) is 0 Å². The second kappa shape index (κ2) is 12.7. The van der Waals surface area contributed by atoms with Crippen LogP contribution in [0.2, 0.25) is 0 Å². The molecule has 0 aliphatic heterocycles. The lowest BCUT2D eigenvalue weighted by molar-refractivity contribution is 1.47. The van der Waals surface area contributed by atoms with Crippen molar-refractivity contribution in [1.29, 1.82) is 0 Å². The van der Waals surface area contributed by atoms with E-state index in [-0.39, 0.29) is 0 Å². The second-order valence-corrected chi connectivity index (χ2v) is 15.6. The molecule has 0 aliphatic rings. The van der Waals surface area contributed by atoms with Gasteiger partial charge in [-0.15, -0.1) is 0 Å². The zero-order valence-electron chi connectivity index (χ0n) is 25.1. The van der Waals surface area contributed by atoms with E-state index in [0.29, 0.717) is 0 Å². The van der Waals surface area contributed by atoms with Crippen LogP contribution in [0.4, 0.5) is 0 Å². The third-order valence-corrected chi connectivity index (χ3v) is 13.3. The smallest absolute Gasteiger partial charge is 0.00175 e. The lowest BCUT2D eigenvalue weighted by atomic mass is 9.96. The van der Waals surface area contributed by atoms with E-state index in [4.69, 9.17) is 0 Å². The van der Waals surface area contributed by atoms with Gasteiger partial charge in [0.25, 0.3) is 0 Å². The van der Waals surface area contributed by atoms with Crippen LogP contribution in [0.25, 0.3) is 21.9 Å². The van der Waals surface area contributed by atoms with Gasteiger partial charge in [0, 0.05) is 5.30 Å². The van der Waals surface area contributed by atoms with Crippen LogP contribution in [0.3, 0.4) is 0 Å². The van der Waals surface area contributed by atoms with Gasteiger partial charge < -0.3 is 0 Å². The van der Waals surface area contributed by atoms with Gasteiger partial charge in [-0.2, -0.15) is 0 Å². The van der Waals surface area contributed by atoms with Gasteiger partial charge >= 0.3 is 0 Å². The van der Waals surface area contributed by atoms with Gasteiger partial charge in [-0.25, -0.2) is 0 Å². The molecule has 0 spiro atoms. The van der Waals surface area contributed by atoms with Crippen molar-refractivity contribution in [3.63, 3.8) is 0 Å². The molecule has 0 N–H and O–H groups in total. The molecule has 44 heavy (non-hydrogen) atoms. The first kappa shape index (κ1) is 28.4. The SMILES string of the molecule is Cc1ccc(-c2c(P(c3ccccc3)c3ccccc3)c(P(c3ccccc3)c3ccccc3)cc3ccc(C)cc23)cc1. The van der Waals surface area contributed by atoms with Gasteiger partial charge in [0.05, 0.1) is 0 Å². The van der Waals surface area contributed by atoms with Crippen molar-refractivity contribution in [2.45, 2.75) is 13.8 Å². The summed E-state index contributed by atoms with van der Waals surface area (Å²) in [6.45, 7) is 4.39. The number of benzene rings is 7. The molecule has 0 heterocycles. The third-order valence-electron chi connectivity index (χ3n) is 8.11. The maximum absolute atomic E-state index is 2.52. The zero-order valence-corrected chi connectivity index (χ0v) is 26.8. The zero-order chi connectivity index (χ0) is 29.9. The van der Waals surface area contributed by atoms with E-state index in [9.17, 15) is 0 Å². The van der Waals surface area contributed by atoms with Crippen LogP contribution in [0.1, 0.15) is 11.1 Å². The molecule has 0 bridgehead atoms. The average Bonchev–Trinajstić information content (AvgIpc) is 3.08. The fourth-order valence-electron chi connectivity index (χ4n) is 6.04. The van der Waals surface area contributed by atoms with Gasteiger partial charge in [0.1, 0.15) is 0 Å². The third kappa shape index (κ3) is 5.65. The Kier molecular flexibility index (Phi) is 8.22. The number of hydrogen-bond acceptors (Lipinski definition) is 0. The number of fused-ring (bicyclic) bond motifs is 1. The van der Waals surface area contributed by atoms with Gasteiger partial charge in [-0.05, 0) is 84.2 Å². The highest BCUT2D eigenvalue weighted by atomic mass is 31.1. The van der Waals surface area contributed by atoms with Crippen LogP contribution in [0, 0.1) is 13.8 Å². The molecule has 0 radical (unpaired) electrons. The first-order valence-electron chi connectivity index (χ1n) is 15.1. The van der Waals surface area contributed by atoms with Crippen molar-refractivity contribution in [3.8, 4) is 11.1 Å². The highest BCUT2D eigenvalue weighted by Gasteiger charge is 2.30. The van der Waals surface area contributed by atoms with E-state index >= 15 is 0 Å². The fourth-order valence-corrected chi connectivity index (χ4v) is 11.5. The lowest BCUT2D eigenvalue weighted by Gasteiger charge is -2.31. The van der Waals surface area contributed by atoms with Gasteiger partial charge in [-0.1, -0.05) is 175 Å². The van der Waals surface area contributed by atoms with E-state index in [1.165, 1.54) is 64.9 Å². The Labute approximate surface area is 263 Å². The quantitative estimate of drug-likeness (QED) is 0.161. The predicted molar refractivity (Wildman–Crippen MR) is 196 cm³/mol. The summed E-state index contributed by atoms with van der Waals surface area (Å²) >= 11 is 0. The molecule has 2 heteroatoms. The fraction of sp³-hybridized carbons (Fsp3) is 0.0476. The minimum Gasteiger partial charge on any atom is -0.0622 e. The maximum atomic E-state index is 2.52. The highest BCUT2D eigenvalue weighted by Crippen LogP contribution is 2.44. The van der Waals surface area contributed by atoms with Crippen molar-refractivity contribution in [1.82, 2.24) is 0 Å². The molecular weight excluding hydrogens is 566 g/mol. The van der Waals surface area contributed by atoms with Crippen molar-refractivity contribution >= 4 is 58.4 Å². The molecular formula is C42H34P2. The van der Waals surface area contributed by atoms with Crippen LogP contribution < -0.4 is 31.8 Å². The molecule has 7 aromatic carbocycles. The predicted octanol–water partition coefficient (Wildman–Crippen LogP) is 8.64. The first-order chi connectivity index (χ1) is 21.7. The highest BCUT2D eigenvalue weighted by molar-refractivity contribution is 7.85. The number of rotatable bonds is 7. The molecule has 0 aromatic heterocycles. The lowest BCUT2D eigenvalue weighted by Crippen LogP contribution is -2.36. The summed E-state index contributed by atoms with van der Waals surface area (Å²) in [6.07, 6.45) is 0. The Morgan fingerprint density at radius 1 is 0.386 bits per heavy atom. The van der Waals surface area contributed by atoms with E-state index in [1.54, 1.807) is 0 Å². The van der Waals surface area contributed by atoms with Crippen LogP contribution in [-0.4, -0.2) is 0 Å². The molecule has 7 aromatic rings. The standard InChI is InChI=1S/C42H34P2/c1-31-23-26-33(27-24-31)41-39-29-32(2)25-28-34(39)30-40(43(35-15-7-3-8-16-35)36-17-9-4-10-18-36)42(41)44(37-19-11-5-12-20-37)38-21-13-6-14-22-38/h3-30H,1-2H3. The Bertz CT molecular complexity index is 1920. The maximum Gasteiger partial charge on any atom is 0.00175 e. The minimum absolute atomic E-state index is 0.857.